The summed E-state index contributed by atoms with van der Waals surface area (Å²) in [5, 5.41) is 0. The molecule has 1 rings (SSSR count). The Bertz CT molecular complexity index is 67.3. The Morgan fingerprint density at radius 2 is 2.11 bits per heavy atom. The Morgan fingerprint density at radius 1 is 1.56 bits per heavy atom. The smallest absolute Gasteiger partial charge is 0.106 e. The largest absolute Gasteiger partial charge is 0.307 e. The van der Waals surface area contributed by atoms with Crippen molar-refractivity contribution in [1.82, 2.24) is 4.90 Å². The Kier molecular flexibility index (Phi) is 4.32. The molecular formula is C7H15NO. The van der Waals surface area contributed by atoms with Gasteiger partial charge in [0.05, 0.1) is 0 Å². The summed E-state index contributed by atoms with van der Waals surface area (Å²) < 4.78 is 0. The molecule has 0 aliphatic carbocycles. The van der Waals surface area contributed by atoms with Gasteiger partial charge >= 0.3 is 0 Å². The molecule has 2 nitrogen and oxygen atoms in total. The molecule has 2 heteroatoms. The first-order valence-electron chi connectivity index (χ1n) is 3.26. The monoisotopic (exact) mass is 129 g/mol. The van der Waals surface area contributed by atoms with E-state index in [0.29, 0.717) is 0 Å². The maximum atomic E-state index is 8.00. The number of hydrogen-bond donors (Lipinski definition) is 0. The van der Waals surface area contributed by atoms with E-state index in [4.69, 9.17) is 4.79 Å². The van der Waals surface area contributed by atoms with Crippen molar-refractivity contribution in [3.8, 4) is 0 Å². The van der Waals surface area contributed by atoms with Gasteiger partial charge in [-0.1, -0.05) is 6.92 Å². The van der Waals surface area contributed by atoms with E-state index >= 15 is 0 Å². The van der Waals surface area contributed by atoms with E-state index in [2.05, 4.69) is 18.9 Å². The number of nitrogens with zero attached hydrogens (tertiary/aromatic N) is 1. The minimum atomic E-state index is 0.949. The van der Waals surface area contributed by atoms with E-state index in [9.17, 15) is 0 Å². The molecule has 1 heterocycles. The van der Waals surface area contributed by atoms with Gasteiger partial charge in [-0.3, -0.25) is 0 Å². The lowest BCUT2D eigenvalue weighted by Crippen LogP contribution is -2.12. The fourth-order valence-electron chi connectivity index (χ4n) is 1.16. The molecule has 1 aliphatic heterocycles. The summed E-state index contributed by atoms with van der Waals surface area (Å²) in [6, 6.07) is 0. The van der Waals surface area contributed by atoms with Gasteiger partial charge < -0.3 is 9.69 Å². The predicted octanol–water partition coefficient (Wildman–Crippen LogP) is 0.773. The third kappa shape index (κ3) is 3.25. The van der Waals surface area contributed by atoms with Crippen molar-refractivity contribution in [2.45, 2.75) is 13.3 Å². The average molecular weight is 129 g/mol. The summed E-state index contributed by atoms with van der Waals surface area (Å²) >= 11 is 0. The highest BCUT2D eigenvalue weighted by atomic mass is 16.1. The summed E-state index contributed by atoms with van der Waals surface area (Å²) in [6.07, 6.45) is 1.40. The molecule has 0 aromatic rings. The van der Waals surface area contributed by atoms with E-state index in [1.54, 1.807) is 0 Å². The number of rotatable bonds is 0. The first-order valence-corrected chi connectivity index (χ1v) is 3.26. The predicted molar refractivity (Wildman–Crippen MR) is 38.4 cm³/mol. The molecule has 54 valence electrons. The number of likely N-dealkylation sites (tertiary alicyclic amines) is 1. The molecule has 0 amide bonds. The zero-order valence-electron chi connectivity index (χ0n) is 6.26. The molecule has 0 radical (unpaired) electrons. The second kappa shape index (κ2) is 4.50. The van der Waals surface area contributed by atoms with E-state index < -0.39 is 0 Å². The highest BCUT2D eigenvalue weighted by Gasteiger charge is 2.13. The van der Waals surface area contributed by atoms with Crippen molar-refractivity contribution in [3.63, 3.8) is 0 Å². The van der Waals surface area contributed by atoms with Gasteiger partial charge in [0.15, 0.2) is 0 Å². The zero-order chi connectivity index (χ0) is 7.28. The van der Waals surface area contributed by atoms with Crippen molar-refractivity contribution in [1.29, 1.82) is 0 Å². The van der Waals surface area contributed by atoms with E-state index in [1.807, 2.05) is 6.79 Å². The molecule has 0 aromatic heterocycles. The van der Waals surface area contributed by atoms with Crippen molar-refractivity contribution in [3.05, 3.63) is 0 Å². The average Bonchev–Trinajstić information content (AvgIpc) is 2.20. The molecule has 1 aliphatic rings. The highest BCUT2D eigenvalue weighted by Crippen LogP contribution is 2.11. The van der Waals surface area contributed by atoms with Crippen LogP contribution in [-0.4, -0.2) is 31.8 Å². The molecule has 0 spiro atoms. The van der Waals surface area contributed by atoms with Crippen LogP contribution in [0.25, 0.3) is 0 Å². The van der Waals surface area contributed by atoms with Crippen LogP contribution in [-0.2, 0) is 4.79 Å². The Morgan fingerprint density at radius 3 is 2.22 bits per heavy atom. The van der Waals surface area contributed by atoms with Gasteiger partial charge in [0.2, 0.25) is 0 Å². The van der Waals surface area contributed by atoms with Crippen LogP contribution in [0.4, 0.5) is 0 Å². The van der Waals surface area contributed by atoms with Crippen molar-refractivity contribution < 1.29 is 4.79 Å². The lowest BCUT2D eigenvalue weighted by molar-refractivity contribution is -0.0979. The zero-order valence-corrected chi connectivity index (χ0v) is 6.26. The summed E-state index contributed by atoms with van der Waals surface area (Å²) in [6.45, 7) is 6.92. The van der Waals surface area contributed by atoms with Gasteiger partial charge in [-0.25, -0.2) is 0 Å². The molecular weight excluding hydrogens is 114 g/mol. The summed E-state index contributed by atoms with van der Waals surface area (Å²) in [5.41, 5.74) is 0. The molecule has 0 bridgehead atoms. The molecule has 0 saturated carbocycles. The van der Waals surface area contributed by atoms with Crippen molar-refractivity contribution in [2.24, 2.45) is 5.92 Å². The molecule has 0 aromatic carbocycles. The standard InChI is InChI=1S/C6H13N.CH2O/c1-6-3-4-7(2)5-6;1-2/h6H,3-5H2,1-2H3;1H2. The van der Waals surface area contributed by atoms with Crippen LogP contribution in [0.15, 0.2) is 0 Å². The molecule has 9 heavy (non-hydrogen) atoms. The van der Waals surface area contributed by atoms with Gasteiger partial charge in [0, 0.05) is 6.54 Å². The summed E-state index contributed by atoms with van der Waals surface area (Å²) in [5.74, 6) is 0.949. The lowest BCUT2D eigenvalue weighted by Gasteiger charge is -2.03. The van der Waals surface area contributed by atoms with Gasteiger partial charge in [-0.05, 0) is 25.9 Å². The fourth-order valence-corrected chi connectivity index (χ4v) is 1.16. The second-order valence-electron chi connectivity index (χ2n) is 2.66. The first-order chi connectivity index (χ1) is 4.29. The second-order valence-corrected chi connectivity index (χ2v) is 2.66. The Labute approximate surface area is 56.9 Å². The third-order valence-electron chi connectivity index (χ3n) is 1.63. The van der Waals surface area contributed by atoms with Crippen LogP contribution in [0.2, 0.25) is 0 Å². The van der Waals surface area contributed by atoms with Crippen LogP contribution in [0.1, 0.15) is 13.3 Å². The summed E-state index contributed by atoms with van der Waals surface area (Å²) in [4.78, 5) is 10.4. The summed E-state index contributed by atoms with van der Waals surface area (Å²) in [7, 11) is 2.18. The topological polar surface area (TPSA) is 20.3 Å². The number of carbonyl (C=O) groups excluding carboxylic acids is 1. The van der Waals surface area contributed by atoms with Crippen LogP contribution in [0.5, 0.6) is 0 Å². The van der Waals surface area contributed by atoms with Crippen LogP contribution in [0.3, 0.4) is 0 Å². The van der Waals surface area contributed by atoms with Crippen molar-refractivity contribution in [2.75, 3.05) is 20.1 Å². The minimum Gasteiger partial charge on any atom is -0.307 e. The van der Waals surface area contributed by atoms with Crippen LogP contribution < -0.4 is 0 Å². The lowest BCUT2D eigenvalue weighted by atomic mass is 10.2. The SMILES string of the molecule is C=O.CC1CCN(C)C1. The first kappa shape index (κ1) is 8.63. The highest BCUT2D eigenvalue weighted by molar-refractivity contribution is 5.10. The molecule has 1 fully saturated rings. The van der Waals surface area contributed by atoms with Gasteiger partial charge in [0.1, 0.15) is 6.79 Å². The van der Waals surface area contributed by atoms with E-state index in [-0.39, 0.29) is 0 Å². The number of carbonyl (C=O) groups is 1. The van der Waals surface area contributed by atoms with Crippen LogP contribution >= 0.6 is 0 Å². The molecule has 1 saturated heterocycles. The minimum absolute atomic E-state index is 0.949. The molecule has 1 atom stereocenters. The van der Waals surface area contributed by atoms with Crippen LogP contribution in [0, 0.1) is 5.92 Å². The van der Waals surface area contributed by atoms with E-state index in [0.717, 1.165) is 5.92 Å². The molecule has 1 unspecified atom stereocenters. The van der Waals surface area contributed by atoms with E-state index in [1.165, 1.54) is 19.5 Å². The maximum absolute atomic E-state index is 8.00. The third-order valence-corrected chi connectivity index (χ3v) is 1.63. The maximum Gasteiger partial charge on any atom is 0.106 e. The Balaban J connectivity index is 0.000000291. The van der Waals surface area contributed by atoms with Crippen molar-refractivity contribution >= 4 is 6.79 Å². The quantitative estimate of drug-likeness (QED) is 0.481. The normalized spacial score (nSPS) is 27.1. The van der Waals surface area contributed by atoms with Gasteiger partial charge in [-0.2, -0.15) is 0 Å². The molecule has 0 N–H and O–H groups in total. The number of hydrogen-bond acceptors (Lipinski definition) is 2. The van der Waals surface area contributed by atoms with Gasteiger partial charge in [0.25, 0.3) is 0 Å². The Hall–Kier alpha value is -0.370. The van der Waals surface area contributed by atoms with Gasteiger partial charge in [-0.15, -0.1) is 0 Å². The fraction of sp³-hybridized carbons (Fsp3) is 0.857.